The van der Waals surface area contributed by atoms with Crippen LogP contribution in [0.15, 0.2) is 48.5 Å². The van der Waals surface area contributed by atoms with Crippen molar-refractivity contribution in [1.82, 2.24) is 0 Å². The van der Waals surface area contributed by atoms with Gasteiger partial charge in [-0.25, -0.2) is 0 Å². The van der Waals surface area contributed by atoms with Crippen LogP contribution in [0.4, 0.5) is 0 Å². The van der Waals surface area contributed by atoms with Crippen molar-refractivity contribution in [1.29, 1.82) is 0 Å². The molecule has 2 aromatic rings. The molecule has 192 valence electrons. The zero-order chi connectivity index (χ0) is 25.8. The lowest BCUT2D eigenvalue weighted by Crippen LogP contribution is -2.34. The molecular weight excluding hydrogens is 444 g/mol. The van der Waals surface area contributed by atoms with Gasteiger partial charge in [-0.15, -0.1) is 0 Å². The smallest absolute Gasteiger partial charge is 0.306 e. The Morgan fingerprint density at radius 2 is 1.23 bits per heavy atom. The Bertz CT molecular complexity index is 884. The summed E-state index contributed by atoms with van der Waals surface area (Å²) in [5.41, 5.74) is 1.17. The fraction of sp³-hybridized carbons (Fsp3) is 0.517. The van der Waals surface area contributed by atoms with E-state index < -0.39 is 5.41 Å². The molecule has 0 spiro atoms. The topological polar surface area (TPSA) is 71.1 Å². The lowest BCUT2D eigenvalue weighted by Gasteiger charge is -2.37. The standard InChI is InChI=1S/C29H40O6/c1-21(2)13-14-29(22(3)4,17-27(30)34-19-23-9-7-11-25(15-23)32-5)18-28(31)35-20-24-10-8-12-26(16-24)33-6/h7-12,15-16,21-22H,13-14,17-20H2,1-6H3. The summed E-state index contributed by atoms with van der Waals surface area (Å²) in [4.78, 5) is 25.9. The van der Waals surface area contributed by atoms with Gasteiger partial charge in [-0.3, -0.25) is 9.59 Å². The summed E-state index contributed by atoms with van der Waals surface area (Å²) in [7, 11) is 3.20. The second-order valence-corrected chi connectivity index (χ2v) is 9.83. The Labute approximate surface area is 209 Å². The van der Waals surface area contributed by atoms with Crippen LogP contribution >= 0.6 is 0 Å². The lowest BCUT2D eigenvalue weighted by molar-refractivity contribution is -0.154. The maximum Gasteiger partial charge on any atom is 0.306 e. The van der Waals surface area contributed by atoms with E-state index in [0.29, 0.717) is 17.4 Å². The van der Waals surface area contributed by atoms with Crippen molar-refractivity contribution < 1.29 is 28.5 Å². The predicted octanol–water partition coefficient (Wildman–Crippen LogP) is 6.35. The van der Waals surface area contributed by atoms with Crippen LogP contribution in [-0.4, -0.2) is 26.2 Å². The third-order valence-electron chi connectivity index (χ3n) is 6.51. The second-order valence-electron chi connectivity index (χ2n) is 9.83. The van der Waals surface area contributed by atoms with E-state index in [1.807, 2.05) is 48.5 Å². The van der Waals surface area contributed by atoms with E-state index >= 15 is 0 Å². The maximum atomic E-state index is 12.9. The molecule has 6 nitrogen and oxygen atoms in total. The van der Waals surface area contributed by atoms with E-state index in [1.165, 1.54) is 0 Å². The first-order valence-electron chi connectivity index (χ1n) is 12.2. The van der Waals surface area contributed by atoms with Gasteiger partial charge < -0.3 is 18.9 Å². The van der Waals surface area contributed by atoms with Crippen LogP contribution in [0, 0.1) is 17.3 Å². The molecule has 2 rings (SSSR count). The summed E-state index contributed by atoms with van der Waals surface area (Å²) in [6.07, 6.45) is 1.97. The summed E-state index contributed by atoms with van der Waals surface area (Å²) < 4.78 is 21.7. The van der Waals surface area contributed by atoms with Crippen molar-refractivity contribution in [2.75, 3.05) is 14.2 Å². The third-order valence-corrected chi connectivity index (χ3v) is 6.51. The highest BCUT2D eigenvalue weighted by Crippen LogP contribution is 2.42. The molecule has 0 radical (unpaired) electrons. The Balaban J connectivity index is 2.08. The first kappa shape index (κ1) is 28.2. The molecule has 0 amide bonds. The maximum absolute atomic E-state index is 12.9. The van der Waals surface area contributed by atoms with Crippen LogP contribution in [-0.2, 0) is 32.3 Å². The van der Waals surface area contributed by atoms with Crippen LogP contribution in [0.25, 0.3) is 0 Å². The molecule has 2 aromatic carbocycles. The monoisotopic (exact) mass is 484 g/mol. The summed E-state index contributed by atoms with van der Waals surface area (Å²) in [5.74, 6) is 1.34. The van der Waals surface area contributed by atoms with E-state index in [9.17, 15) is 9.59 Å². The Kier molecular flexibility index (Phi) is 11.1. The Hall–Kier alpha value is -3.02. The molecule has 0 aromatic heterocycles. The van der Waals surface area contributed by atoms with Gasteiger partial charge in [0, 0.05) is 0 Å². The number of hydrogen-bond donors (Lipinski definition) is 0. The third kappa shape index (κ3) is 9.27. The molecule has 0 saturated heterocycles. The average molecular weight is 485 g/mol. The van der Waals surface area contributed by atoms with Gasteiger partial charge in [-0.2, -0.15) is 0 Å². The number of carbonyl (C=O) groups excluding carboxylic acids is 2. The molecule has 0 fully saturated rings. The fourth-order valence-electron chi connectivity index (χ4n) is 4.04. The van der Waals surface area contributed by atoms with Gasteiger partial charge in [0.1, 0.15) is 24.7 Å². The summed E-state index contributed by atoms with van der Waals surface area (Å²) >= 11 is 0. The zero-order valence-corrected chi connectivity index (χ0v) is 22.0. The number of methoxy groups -OCH3 is 2. The zero-order valence-electron chi connectivity index (χ0n) is 22.0. The lowest BCUT2D eigenvalue weighted by atomic mass is 9.68. The summed E-state index contributed by atoms with van der Waals surface area (Å²) in [6.45, 7) is 8.74. The molecule has 0 bridgehead atoms. The number of rotatable bonds is 14. The SMILES string of the molecule is COc1cccc(COC(=O)CC(CCC(C)C)(CC(=O)OCc2cccc(OC)c2)C(C)C)c1. The highest BCUT2D eigenvalue weighted by atomic mass is 16.5. The summed E-state index contributed by atoms with van der Waals surface area (Å²) in [5, 5.41) is 0. The van der Waals surface area contributed by atoms with E-state index in [0.717, 1.165) is 24.0 Å². The molecule has 0 aliphatic carbocycles. The van der Waals surface area contributed by atoms with Crippen molar-refractivity contribution in [3.05, 3.63) is 59.7 Å². The minimum absolute atomic E-state index is 0.0926. The van der Waals surface area contributed by atoms with E-state index in [2.05, 4.69) is 27.7 Å². The molecule has 0 aliphatic rings. The molecule has 0 N–H and O–H groups in total. The number of carbonyl (C=O) groups is 2. The van der Waals surface area contributed by atoms with Crippen molar-refractivity contribution >= 4 is 11.9 Å². The molecule has 0 aliphatic heterocycles. The summed E-state index contributed by atoms with van der Waals surface area (Å²) in [6, 6.07) is 14.9. The second kappa shape index (κ2) is 13.8. The van der Waals surface area contributed by atoms with Crippen LogP contribution in [0.2, 0.25) is 0 Å². The fourth-order valence-corrected chi connectivity index (χ4v) is 4.04. The number of hydrogen-bond acceptors (Lipinski definition) is 6. The molecule has 35 heavy (non-hydrogen) atoms. The van der Waals surface area contributed by atoms with Gasteiger partial charge in [0.2, 0.25) is 0 Å². The van der Waals surface area contributed by atoms with Gasteiger partial charge in [0.05, 0.1) is 27.1 Å². The van der Waals surface area contributed by atoms with Gasteiger partial charge >= 0.3 is 11.9 Å². The van der Waals surface area contributed by atoms with E-state index in [4.69, 9.17) is 18.9 Å². The quantitative estimate of drug-likeness (QED) is 0.291. The predicted molar refractivity (Wildman–Crippen MR) is 136 cm³/mol. The van der Waals surface area contributed by atoms with Crippen molar-refractivity contribution in [2.45, 2.75) is 66.6 Å². The van der Waals surface area contributed by atoms with Crippen molar-refractivity contribution in [2.24, 2.45) is 17.3 Å². The van der Waals surface area contributed by atoms with Crippen LogP contribution in [0.1, 0.15) is 64.5 Å². The van der Waals surface area contributed by atoms with Crippen molar-refractivity contribution in [3.63, 3.8) is 0 Å². The van der Waals surface area contributed by atoms with Gasteiger partial charge in [-0.05, 0) is 59.1 Å². The van der Waals surface area contributed by atoms with E-state index in [1.54, 1.807) is 14.2 Å². The number of esters is 2. The average Bonchev–Trinajstić information content (AvgIpc) is 2.85. The molecule has 0 saturated carbocycles. The largest absolute Gasteiger partial charge is 0.497 e. The van der Waals surface area contributed by atoms with Gasteiger partial charge in [0.15, 0.2) is 0 Å². The highest BCUT2D eigenvalue weighted by Gasteiger charge is 2.39. The number of benzene rings is 2. The minimum Gasteiger partial charge on any atom is -0.497 e. The van der Waals surface area contributed by atoms with Crippen molar-refractivity contribution in [3.8, 4) is 11.5 Å². The van der Waals surface area contributed by atoms with Crippen LogP contribution in [0.3, 0.4) is 0 Å². The Morgan fingerprint density at radius 3 is 1.60 bits per heavy atom. The molecule has 0 heterocycles. The molecular formula is C29H40O6. The molecule has 6 heteroatoms. The minimum atomic E-state index is -0.540. The Morgan fingerprint density at radius 1 is 0.771 bits per heavy atom. The molecule has 0 atom stereocenters. The van der Waals surface area contributed by atoms with Crippen LogP contribution < -0.4 is 9.47 Å². The van der Waals surface area contributed by atoms with Crippen LogP contribution in [0.5, 0.6) is 11.5 Å². The highest BCUT2D eigenvalue weighted by molar-refractivity contribution is 5.74. The normalized spacial score (nSPS) is 11.4. The van der Waals surface area contributed by atoms with E-state index in [-0.39, 0.29) is 43.9 Å². The van der Waals surface area contributed by atoms with Gasteiger partial charge in [-0.1, -0.05) is 58.4 Å². The van der Waals surface area contributed by atoms with Gasteiger partial charge in [0.25, 0.3) is 0 Å². The first-order valence-corrected chi connectivity index (χ1v) is 12.2. The first-order chi connectivity index (χ1) is 16.7. The number of ether oxygens (including phenoxy) is 4. The molecule has 0 unspecified atom stereocenters.